The van der Waals surface area contributed by atoms with Gasteiger partial charge in [-0.05, 0) is 175 Å². The van der Waals surface area contributed by atoms with E-state index in [1.54, 1.807) is 0 Å². The number of carbonyl (C=O) groups excluding carboxylic acids is 4. The topological polar surface area (TPSA) is 177 Å². The number of nitrogens with zero attached hydrogens (tertiary/aromatic N) is 4. The Kier molecular flexibility index (Phi) is 17.8. The van der Waals surface area contributed by atoms with E-state index in [0.29, 0.717) is 0 Å². The third kappa shape index (κ3) is 12.7. The fourth-order valence-electron chi connectivity index (χ4n) is 19.6. The maximum atomic E-state index is 12.1. The number of benzene rings is 4. The van der Waals surface area contributed by atoms with Crippen molar-refractivity contribution >= 4 is 46.9 Å². The highest BCUT2D eigenvalue weighted by Crippen LogP contribution is 2.51. The van der Waals surface area contributed by atoms with Gasteiger partial charge in [0.25, 0.3) is 0 Å². The summed E-state index contributed by atoms with van der Waals surface area (Å²) in [7, 11) is 0. The maximum absolute atomic E-state index is 12.1. The summed E-state index contributed by atoms with van der Waals surface area (Å²) < 4.78 is 0. The summed E-state index contributed by atoms with van der Waals surface area (Å²) in [5.74, 6) is 5.67. The summed E-state index contributed by atoms with van der Waals surface area (Å²) in [4.78, 5) is 58.8. The molecule has 482 valence electrons. The molecular formula is C74H102N12O4. The monoisotopic (exact) mass is 1220 g/mol. The average molecular weight is 1220 g/mol. The molecule has 8 aliphatic heterocycles. The Morgan fingerprint density at radius 1 is 0.411 bits per heavy atom. The first kappa shape index (κ1) is 61.3. The van der Waals surface area contributed by atoms with E-state index in [1.165, 1.54) is 125 Å². The molecule has 9 fully saturated rings. The van der Waals surface area contributed by atoms with Crippen molar-refractivity contribution in [2.45, 2.75) is 189 Å². The molecule has 8 N–H and O–H groups in total. The van der Waals surface area contributed by atoms with E-state index in [1.807, 2.05) is 48.5 Å². The lowest BCUT2D eigenvalue weighted by atomic mass is 9.78. The molecule has 4 aromatic carbocycles. The van der Waals surface area contributed by atoms with Gasteiger partial charge in [-0.3, -0.25) is 4.90 Å². The first-order valence-corrected chi connectivity index (χ1v) is 35.5. The normalized spacial score (nSPS) is 29.1. The maximum Gasteiger partial charge on any atom is 0.319 e. The van der Waals surface area contributed by atoms with Crippen LogP contribution < -0.4 is 42.5 Å². The van der Waals surface area contributed by atoms with Crippen molar-refractivity contribution in [1.29, 1.82) is 0 Å². The highest BCUT2D eigenvalue weighted by atomic mass is 16.2. The second-order valence-electron chi connectivity index (χ2n) is 30.2. The number of hydrogen-bond donors (Lipinski definition) is 8. The van der Waals surface area contributed by atoms with Crippen LogP contribution in [0.25, 0.3) is 0 Å². The SMILES string of the molecule is CC(C)CCN1CCC2(CC1)NC(=O)Nc1ccccc12.O=C1Nc2ccccc2C2(CCN(C3CCCCC3)CC2)N1.O=C1Nc2ccccc2C2(CCN(C3C[C@H]4CC[C@@H]3C4)CC2)N1.O=C1Nc2ccccc2C2(CCN(CC3CC4CCC3C4)CC2)N1. The van der Waals surface area contributed by atoms with Crippen molar-refractivity contribution in [2.75, 3.05) is 86.7 Å². The standard InChI is InChI=1S/C20H27N3O.C19H25N3O.C18H25N3O.C17H25N3O/c24-19-21-18-4-2-1-3-17(18)20(22-19)7-9-23(10-8-20)13-16-12-14-5-6-15(16)11-14;23-18-20-16-4-2-1-3-15(16)19(21-18)7-9-22(10-8-19)17-12-13-5-6-14(17)11-13;22-17-19-16-9-5-4-8-15(16)18(20-17)10-12-21(13-11-18)14-6-2-1-3-7-14;1-13(2)7-10-20-11-8-17(9-12-20)14-5-3-4-6-15(14)18-16(21)19-17/h1-4,14-16H,5-13H2,(H2,21,22,24);1-4,13-14,17H,5-12H2,(H2,20,21,23);4-5,8-9,14H,1-3,6-7,10-13H2,(H2,19,20,22);3-6,13H,7-12H2,1-2H3,(H2,18,19,21)/t;13-,14+,17?;;/m.0../s1. The third-order valence-electron chi connectivity index (χ3n) is 24.6. The first-order chi connectivity index (χ1) is 43.8. The number of likely N-dealkylation sites (tertiary alicyclic amines) is 4. The molecule has 4 aromatic rings. The molecular weight excluding hydrogens is 1120 g/mol. The van der Waals surface area contributed by atoms with E-state index >= 15 is 0 Å². The van der Waals surface area contributed by atoms with Gasteiger partial charge >= 0.3 is 24.1 Å². The van der Waals surface area contributed by atoms with Gasteiger partial charge in [0.05, 0.1) is 22.2 Å². The highest BCUT2D eigenvalue weighted by molar-refractivity contribution is 5.96. The van der Waals surface area contributed by atoms with E-state index < -0.39 is 0 Å². The lowest BCUT2D eigenvalue weighted by Crippen LogP contribution is -2.58. The van der Waals surface area contributed by atoms with E-state index in [9.17, 15) is 19.2 Å². The van der Waals surface area contributed by atoms with Crippen molar-refractivity contribution in [2.24, 2.45) is 35.5 Å². The molecule has 16 nitrogen and oxygen atoms in total. The van der Waals surface area contributed by atoms with Crippen LogP contribution in [0.4, 0.5) is 41.9 Å². The van der Waals surface area contributed by atoms with E-state index in [4.69, 9.17) is 0 Å². The molecule has 5 saturated carbocycles. The van der Waals surface area contributed by atoms with Gasteiger partial charge in [-0.1, -0.05) is 119 Å². The lowest BCUT2D eigenvalue weighted by Gasteiger charge is -2.48. The number of para-hydroxylation sites is 4. The van der Waals surface area contributed by atoms with Gasteiger partial charge in [-0.2, -0.15) is 0 Å². The van der Waals surface area contributed by atoms with Crippen LogP contribution >= 0.6 is 0 Å². The minimum absolute atomic E-state index is 0.0444. The van der Waals surface area contributed by atoms with Crippen LogP contribution in [0.2, 0.25) is 0 Å². The van der Waals surface area contributed by atoms with Crippen molar-refractivity contribution in [3.63, 3.8) is 0 Å². The van der Waals surface area contributed by atoms with Crippen LogP contribution in [0.15, 0.2) is 97.1 Å². The second-order valence-corrected chi connectivity index (χ2v) is 30.2. The smallest absolute Gasteiger partial charge is 0.319 e. The number of anilines is 4. The second kappa shape index (κ2) is 26.1. The zero-order valence-corrected chi connectivity index (χ0v) is 53.9. The predicted octanol–water partition coefficient (Wildman–Crippen LogP) is 13.5. The molecule has 13 aliphatic rings. The van der Waals surface area contributed by atoms with Crippen LogP contribution in [0.3, 0.4) is 0 Å². The molecule has 5 aliphatic carbocycles. The van der Waals surface area contributed by atoms with Crippen molar-refractivity contribution in [1.82, 2.24) is 40.9 Å². The number of fused-ring (bicyclic) bond motifs is 12. The number of piperidine rings is 4. The van der Waals surface area contributed by atoms with Crippen molar-refractivity contribution < 1.29 is 19.2 Å². The Balaban J connectivity index is 0.000000105. The molecule has 4 spiro atoms. The predicted molar refractivity (Wildman–Crippen MR) is 359 cm³/mol. The first-order valence-electron chi connectivity index (χ1n) is 35.5. The van der Waals surface area contributed by atoms with Gasteiger partial charge in [0.15, 0.2) is 0 Å². The number of urea groups is 4. The van der Waals surface area contributed by atoms with Gasteiger partial charge in [-0.25, -0.2) is 19.2 Å². The molecule has 4 saturated heterocycles. The number of rotatable bonds is 7. The molecule has 4 unspecified atom stereocenters. The van der Waals surface area contributed by atoms with Crippen LogP contribution in [0, 0.1) is 35.5 Å². The molecule has 0 aromatic heterocycles. The minimum atomic E-state index is -0.173. The van der Waals surface area contributed by atoms with Crippen LogP contribution in [0.1, 0.15) is 177 Å². The Labute approximate surface area is 535 Å². The number of carbonyl (C=O) groups is 4. The van der Waals surface area contributed by atoms with E-state index in [0.717, 1.165) is 174 Å². The fraction of sp³-hybridized carbons (Fsp3) is 0.622. The summed E-state index contributed by atoms with van der Waals surface area (Å²) in [5, 5.41) is 24.7. The van der Waals surface area contributed by atoms with Crippen molar-refractivity contribution in [3.8, 4) is 0 Å². The molecule has 90 heavy (non-hydrogen) atoms. The zero-order valence-electron chi connectivity index (χ0n) is 53.9. The molecule has 0 radical (unpaired) electrons. The minimum Gasteiger partial charge on any atom is -0.328 e. The quantitative estimate of drug-likeness (QED) is 0.0901. The van der Waals surface area contributed by atoms with E-state index in [2.05, 4.69) is 125 Å². The fourth-order valence-corrected chi connectivity index (χ4v) is 19.6. The van der Waals surface area contributed by atoms with Crippen LogP contribution in [-0.4, -0.2) is 121 Å². The van der Waals surface area contributed by atoms with Gasteiger partial charge < -0.3 is 57.2 Å². The third-order valence-corrected chi connectivity index (χ3v) is 24.6. The summed E-state index contributed by atoms with van der Waals surface area (Å²) in [6.45, 7) is 15.7. The zero-order chi connectivity index (χ0) is 61.5. The molecule has 16 heteroatoms. The average Bonchev–Trinajstić information content (AvgIpc) is 1.12. The number of amides is 8. The largest absolute Gasteiger partial charge is 0.328 e. The molecule has 17 rings (SSSR count). The number of hydrogen-bond acceptors (Lipinski definition) is 8. The highest BCUT2D eigenvalue weighted by Gasteiger charge is 2.49. The lowest BCUT2D eigenvalue weighted by molar-refractivity contribution is 0.0745. The molecule has 8 amide bonds. The molecule has 4 bridgehead atoms. The van der Waals surface area contributed by atoms with Crippen molar-refractivity contribution in [3.05, 3.63) is 119 Å². The summed E-state index contributed by atoms with van der Waals surface area (Å²) >= 11 is 0. The Morgan fingerprint density at radius 2 is 0.789 bits per heavy atom. The van der Waals surface area contributed by atoms with Crippen LogP contribution in [0.5, 0.6) is 0 Å². The summed E-state index contributed by atoms with van der Waals surface area (Å²) in [6, 6.07) is 34.4. The van der Waals surface area contributed by atoms with Gasteiger partial charge in [0.2, 0.25) is 0 Å². The van der Waals surface area contributed by atoms with Gasteiger partial charge in [-0.15, -0.1) is 0 Å². The number of nitrogens with one attached hydrogen (secondary N) is 8. The summed E-state index contributed by atoms with van der Waals surface area (Å²) in [6.07, 6.45) is 28.0. The van der Waals surface area contributed by atoms with E-state index in [-0.39, 0.29) is 46.3 Å². The Hall–Kier alpha value is -6.20. The Bertz CT molecular complexity index is 3200. The molecule has 6 atom stereocenters. The van der Waals surface area contributed by atoms with Crippen LogP contribution in [-0.2, 0) is 22.2 Å². The Morgan fingerprint density at radius 3 is 1.17 bits per heavy atom. The molecule has 8 heterocycles. The van der Waals surface area contributed by atoms with Gasteiger partial charge in [0, 0.05) is 116 Å². The summed E-state index contributed by atoms with van der Waals surface area (Å²) in [5.41, 5.74) is 8.32. The van der Waals surface area contributed by atoms with Gasteiger partial charge in [0.1, 0.15) is 0 Å².